The Bertz CT molecular complexity index is 419. The van der Waals surface area contributed by atoms with Gasteiger partial charge in [-0.25, -0.2) is 4.98 Å². The number of rotatable bonds is 7. The first-order valence-electron chi connectivity index (χ1n) is 6.41. The van der Waals surface area contributed by atoms with Gasteiger partial charge in [-0.2, -0.15) is 13.2 Å². The van der Waals surface area contributed by atoms with Gasteiger partial charge in [0.25, 0.3) is 0 Å². The van der Waals surface area contributed by atoms with Crippen molar-refractivity contribution >= 4 is 29.0 Å². The molecule has 1 N–H and O–H groups in total. The molecule has 1 heterocycles. The molecule has 0 aromatic carbocycles. The summed E-state index contributed by atoms with van der Waals surface area (Å²) in [5.74, 6) is 1.19. The van der Waals surface area contributed by atoms with Crippen LogP contribution in [0.5, 0.6) is 0 Å². The summed E-state index contributed by atoms with van der Waals surface area (Å²) >= 11 is 11.5. The first-order valence-corrected chi connectivity index (χ1v) is 7.32. The number of hydrogen-bond acceptors (Lipinski definition) is 2. The highest BCUT2D eigenvalue weighted by molar-refractivity contribution is 6.32. The highest BCUT2D eigenvalue weighted by Crippen LogP contribution is 2.32. The average Bonchev–Trinajstić information content (AvgIpc) is 2.36. The van der Waals surface area contributed by atoms with Crippen LogP contribution in [0.2, 0.25) is 5.02 Å². The van der Waals surface area contributed by atoms with Gasteiger partial charge < -0.3 is 5.32 Å². The van der Waals surface area contributed by atoms with Crippen LogP contribution in [-0.2, 0) is 6.18 Å². The lowest BCUT2D eigenvalue weighted by Gasteiger charge is -2.17. The molecule has 2 nitrogen and oxygen atoms in total. The van der Waals surface area contributed by atoms with E-state index in [9.17, 15) is 13.2 Å². The predicted octanol–water partition coefficient (Wildman–Crippen LogP) is 5.21. The smallest absolute Gasteiger partial charge is 0.369 e. The van der Waals surface area contributed by atoms with Gasteiger partial charge in [0.1, 0.15) is 5.82 Å². The lowest BCUT2D eigenvalue weighted by molar-refractivity contribution is -0.137. The molecule has 1 rings (SSSR count). The SMILES string of the molecule is CCCC(CCCl)CNc1ncc(C(F)(F)F)cc1Cl. The topological polar surface area (TPSA) is 24.9 Å². The number of nitrogens with zero attached hydrogens (tertiary/aromatic N) is 1. The lowest BCUT2D eigenvalue weighted by Crippen LogP contribution is -2.16. The first-order chi connectivity index (χ1) is 9.38. The molecule has 1 aromatic rings. The molecule has 1 atom stereocenters. The van der Waals surface area contributed by atoms with Crippen LogP contribution >= 0.6 is 23.2 Å². The molecule has 0 aliphatic heterocycles. The maximum absolute atomic E-state index is 12.5. The van der Waals surface area contributed by atoms with Crippen LogP contribution in [0, 0.1) is 5.92 Å². The van der Waals surface area contributed by atoms with E-state index in [1.165, 1.54) is 0 Å². The van der Waals surface area contributed by atoms with Gasteiger partial charge in [0.05, 0.1) is 10.6 Å². The zero-order valence-corrected chi connectivity index (χ0v) is 12.6. The van der Waals surface area contributed by atoms with Crippen molar-refractivity contribution in [3.63, 3.8) is 0 Å². The minimum atomic E-state index is -4.43. The van der Waals surface area contributed by atoms with Crippen LogP contribution < -0.4 is 5.32 Å². The Labute approximate surface area is 126 Å². The Kier molecular flexibility index (Phi) is 6.89. The van der Waals surface area contributed by atoms with Crippen molar-refractivity contribution < 1.29 is 13.2 Å². The summed E-state index contributed by atoms with van der Waals surface area (Å²) in [6.07, 6.45) is -0.779. The minimum absolute atomic E-state index is 0.0269. The minimum Gasteiger partial charge on any atom is -0.369 e. The fourth-order valence-corrected chi connectivity index (χ4v) is 2.42. The van der Waals surface area contributed by atoms with Gasteiger partial charge in [-0.05, 0) is 24.8 Å². The Balaban J connectivity index is 2.68. The molecule has 0 bridgehead atoms. The third kappa shape index (κ3) is 5.37. The van der Waals surface area contributed by atoms with Crippen LogP contribution in [0.25, 0.3) is 0 Å². The van der Waals surface area contributed by atoms with E-state index in [0.29, 0.717) is 18.3 Å². The zero-order chi connectivity index (χ0) is 15.2. The van der Waals surface area contributed by atoms with Crippen molar-refractivity contribution in [2.45, 2.75) is 32.4 Å². The van der Waals surface area contributed by atoms with Crippen molar-refractivity contribution in [2.24, 2.45) is 5.92 Å². The van der Waals surface area contributed by atoms with E-state index in [4.69, 9.17) is 23.2 Å². The molecule has 0 aliphatic carbocycles. The van der Waals surface area contributed by atoms with Crippen LogP contribution in [0.3, 0.4) is 0 Å². The summed E-state index contributed by atoms with van der Waals surface area (Å²) in [4.78, 5) is 3.74. The second-order valence-corrected chi connectivity index (χ2v) is 5.35. The number of halogens is 5. The molecule has 0 radical (unpaired) electrons. The molecular weight excluding hydrogens is 312 g/mol. The Morgan fingerprint density at radius 1 is 1.35 bits per heavy atom. The van der Waals surface area contributed by atoms with Crippen molar-refractivity contribution in [2.75, 3.05) is 17.7 Å². The number of alkyl halides is 4. The van der Waals surface area contributed by atoms with E-state index in [2.05, 4.69) is 17.2 Å². The number of hydrogen-bond donors (Lipinski definition) is 1. The fourth-order valence-electron chi connectivity index (χ4n) is 1.88. The van der Waals surface area contributed by atoms with Gasteiger partial charge in [0, 0.05) is 18.6 Å². The van der Waals surface area contributed by atoms with Crippen molar-refractivity contribution in [1.29, 1.82) is 0 Å². The highest BCUT2D eigenvalue weighted by Gasteiger charge is 2.31. The molecule has 114 valence electrons. The molecule has 7 heteroatoms. The van der Waals surface area contributed by atoms with Gasteiger partial charge in [0.15, 0.2) is 0 Å². The van der Waals surface area contributed by atoms with Crippen LogP contribution in [0.4, 0.5) is 19.0 Å². The predicted molar refractivity (Wildman–Crippen MR) is 76.5 cm³/mol. The van der Waals surface area contributed by atoms with Crippen LogP contribution in [-0.4, -0.2) is 17.4 Å². The summed E-state index contributed by atoms with van der Waals surface area (Å²) in [5.41, 5.74) is -0.848. The Morgan fingerprint density at radius 2 is 2.05 bits per heavy atom. The third-order valence-electron chi connectivity index (χ3n) is 2.94. The number of anilines is 1. The van der Waals surface area contributed by atoms with Gasteiger partial charge >= 0.3 is 6.18 Å². The van der Waals surface area contributed by atoms with E-state index in [1.54, 1.807) is 0 Å². The molecule has 0 amide bonds. The van der Waals surface area contributed by atoms with E-state index in [0.717, 1.165) is 31.5 Å². The summed E-state index contributed by atoms with van der Waals surface area (Å²) in [7, 11) is 0. The summed E-state index contributed by atoms with van der Waals surface area (Å²) in [6, 6.07) is 0.882. The van der Waals surface area contributed by atoms with Crippen molar-refractivity contribution in [1.82, 2.24) is 4.98 Å². The quantitative estimate of drug-likeness (QED) is 0.695. The fraction of sp³-hybridized carbons (Fsp3) is 0.615. The molecule has 20 heavy (non-hydrogen) atoms. The molecule has 1 unspecified atom stereocenters. The second-order valence-electron chi connectivity index (χ2n) is 4.57. The maximum atomic E-state index is 12.5. The molecule has 0 aliphatic rings. The van der Waals surface area contributed by atoms with Crippen molar-refractivity contribution in [3.05, 3.63) is 22.8 Å². The average molecular weight is 329 g/mol. The van der Waals surface area contributed by atoms with Crippen LogP contribution in [0.15, 0.2) is 12.3 Å². The second kappa shape index (κ2) is 7.93. The molecule has 0 fully saturated rings. The van der Waals surface area contributed by atoms with E-state index >= 15 is 0 Å². The maximum Gasteiger partial charge on any atom is 0.417 e. The molecular formula is C13H17Cl2F3N2. The Morgan fingerprint density at radius 3 is 2.55 bits per heavy atom. The highest BCUT2D eigenvalue weighted by atomic mass is 35.5. The number of aromatic nitrogens is 1. The van der Waals surface area contributed by atoms with Crippen molar-refractivity contribution in [3.8, 4) is 0 Å². The first kappa shape index (κ1) is 17.4. The lowest BCUT2D eigenvalue weighted by atomic mass is 10.0. The number of pyridine rings is 1. The largest absolute Gasteiger partial charge is 0.417 e. The van der Waals surface area contributed by atoms with Gasteiger partial charge in [-0.3, -0.25) is 0 Å². The van der Waals surface area contributed by atoms with E-state index in [-0.39, 0.29) is 10.8 Å². The van der Waals surface area contributed by atoms with Gasteiger partial charge in [-0.15, -0.1) is 11.6 Å². The number of nitrogens with one attached hydrogen (secondary N) is 1. The third-order valence-corrected chi connectivity index (χ3v) is 3.45. The molecule has 1 aromatic heterocycles. The molecule has 0 saturated heterocycles. The summed E-state index contributed by atoms with van der Waals surface area (Å²) in [6.45, 7) is 2.67. The normalized spacial score (nSPS) is 13.3. The standard InChI is InChI=1S/C13H17Cl2F3N2/c1-2-3-9(4-5-14)7-19-12-11(15)6-10(8-20-12)13(16,17)18/h6,8-9H,2-5,7H2,1H3,(H,19,20). The van der Waals surface area contributed by atoms with Gasteiger partial charge in [0.2, 0.25) is 0 Å². The summed E-state index contributed by atoms with van der Waals surface area (Å²) in [5, 5.41) is 2.97. The Hall–Kier alpha value is -0.680. The monoisotopic (exact) mass is 328 g/mol. The molecule has 0 saturated carbocycles. The van der Waals surface area contributed by atoms with E-state index in [1.807, 2.05) is 0 Å². The van der Waals surface area contributed by atoms with E-state index < -0.39 is 11.7 Å². The summed E-state index contributed by atoms with van der Waals surface area (Å²) < 4.78 is 37.4. The zero-order valence-electron chi connectivity index (χ0n) is 11.1. The molecule has 0 spiro atoms. The van der Waals surface area contributed by atoms with Crippen LogP contribution in [0.1, 0.15) is 31.7 Å². The van der Waals surface area contributed by atoms with Gasteiger partial charge in [-0.1, -0.05) is 24.9 Å².